The lowest BCUT2D eigenvalue weighted by Gasteiger charge is -2.14. The van der Waals surface area contributed by atoms with E-state index >= 15 is 0 Å². The van der Waals surface area contributed by atoms with Gasteiger partial charge in [-0.25, -0.2) is 15.0 Å². The topological polar surface area (TPSA) is 51.8 Å². The maximum absolute atomic E-state index is 6.68. The lowest BCUT2D eigenvalue weighted by atomic mass is 9.98. The summed E-state index contributed by atoms with van der Waals surface area (Å²) < 4.78 is 6.68. The second kappa shape index (κ2) is 11.9. The highest BCUT2D eigenvalue weighted by Crippen LogP contribution is 2.42. The van der Waals surface area contributed by atoms with E-state index in [1.165, 1.54) is 31.9 Å². The van der Waals surface area contributed by atoms with Crippen LogP contribution >= 0.6 is 0 Å². The van der Waals surface area contributed by atoms with Crippen molar-refractivity contribution in [3.05, 3.63) is 164 Å². The van der Waals surface area contributed by atoms with Gasteiger partial charge in [0.05, 0.1) is 5.56 Å². The number of nitrogens with zero attached hydrogens (tertiary/aromatic N) is 3. The second-order valence-corrected chi connectivity index (χ2v) is 15.2. The van der Waals surface area contributed by atoms with Gasteiger partial charge in [-0.2, -0.15) is 16.5 Å². The number of fused-ring (bicyclic) bond motifs is 6. The lowest BCUT2D eigenvalue weighted by Crippen LogP contribution is -2.01. The summed E-state index contributed by atoms with van der Waals surface area (Å²) in [5.74, 6) is 1.90. The molecule has 0 fully saturated rings. The molecule has 51 heavy (non-hydrogen) atoms. The van der Waals surface area contributed by atoms with Gasteiger partial charge in [-0.15, -0.1) is 0 Å². The summed E-state index contributed by atoms with van der Waals surface area (Å²) in [6, 6.07) is 57.3. The van der Waals surface area contributed by atoms with Gasteiger partial charge >= 0.3 is 0 Å². The van der Waals surface area contributed by atoms with Crippen LogP contribution in [0.3, 0.4) is 0 Å². The fourth-order valence-electron chi connectivity index (χ4n) is 7.71. The van der Waals surface area contributed by atoms with Crippen LogP contribution in [0.5, 0.6) is 0 Å². The summed E-state index contributed by atoms with van der Waals surface area (Å²) in [6.45, 7) is 2.40. The van der Waals surface area contributed by atoms with Crippen molar-refractivity contribution in [2.75, 3.05) is 0 Å². The lowest BCUT2D eigenvalue weighted by molar-refractivity contribution is 0.669. The van der Waals surface area contributed by atoms with Gasteiger partial charge in [0.25, 0.3) is 0 Å². The third-order valence-electron chi connectivity index (χ3n) is 10.0. The monoisotopic (exact) mass is 668 g/mol. The second-order valence-electron chi connectivity index (χ2n) is 12.9. The first-order valence-corrected chi connectivity index (χ1v) is 19.2. The molecule has 5 heteroatoms. The smallest absolute Gasteiger partial charge is 0.167 e. The van der Waals surface area contributed by atoms with E-state index < -0.39 is 8.40 Å². The molecule has 0 aliphatic rings. The molecule has 3 aromatic heterocycles. The normalized spacial score (nSPS) is 11.6. The number of para-hydroxylation sites is 1. The maximum atomic E-state index is 6.68. The standard InChI is InChI=1S/C46H30N3OSi/c1-51-39-28-14-22-33(30-17-7-3-8-18-30)41(39)35-24-12-26-37(43(35)51)46-48-44(31-19-9-4-10-20-31)47-45(49-46)36-25-11-23-34-40-32(29-15-5-2-6-16-29)21-13-27-38(40)50-42(34)36/h2-28H,1H3/q-1. The molecule has 0 atom stereocenters. The fourth-order valence-corrected chi connectivity index (χ4v) is 10.2. The first kappa shape index (κ1) is 29.5. The van der Waals surface area contributed by atoms with E-state index in [-0.39, 0.29) is 0 Å². The van der Waals surface area contributed by atoms with E-state index in [0.29, 0.717) is 17.5 Å². The van der Waals surface area contributed by atoms with E-state index in [1.54, 1.807) is 0 Å². The van der Waals surface area contributed by atoms with Gasteiger partial charge in [0.2, 0.25) is 0 Å². The van der Waals surface area contributed by atoms with E-state index in [2.05, 4.69) is 140 Å². The van der Waals surface area contributed by atoms with E-state index in [4.69, 9.17) is 19.4 Å². The Balaban J connectivity index is 1.24. The van der Waals surface area contributed by atoms with Gasteiger partial charge < -0.3 is 4.42 Å². The van der Waals surface area contributed by atoms with Gasteiger partial charge in [0.1, 0.15) is 11.2 Å². The predicted octanol–water partition coefficient (Wildman–Crippen LogP) is 11.7. The molecule has 7 aromatic carbocycles. The first-order chi connectivity index (χ1) is 25.2. The minimum absolute atomic E-state index is 0.590. The van der Waals surface area contributed by atoms with Crippen molar-refractivity contribution in [3.63, 3.8) is 0 Å². The largest absolute Gasteiger partial charge is 0.455 e. The van der Waals surface area contributed by atoms with Crippen LogP contribution in [-0.4, -0.2) is 23.3 Å². The first-order valence-electron chi connectivity index (χ1n) is 17.2. The Bertz CT molecular complexity index is 2910. The quantitative estimate of drug-likeness (QED) is 0.171. The number of aryl methyl sites for hydroxylation is 1. The molecule has 0 spiro atoms. The molecule has 0 aliphatic heterocycles. The predicted molar refractivity (Wildman–Crippen MR) is 212 cm³/mol. The van der Waals surface area contributed by atoms with Crippen molar-refractivity contribution < 1.29 is 4.42 Å². The summed E-state index contributed by atoms with van der Waals surface area (Å²) in [5.41, 5.74) is 9.22. The molecule has 240 valence electrons. The number of hydrogen-bond acceptors (Lipinski definition) is 4. The van der Waals surface area contributed by atoms with Crippen molar-refractivity contribution in [3.8, 4) is 56.4 Å². The Morgan fingerprint density at radius 3 is 1.61 bits per heavy atom. The van der Waals surface area contributed by atoms with Crippen molar-refractivity contribution in [2.24, 2.45) is 6.55 Å². The zero-order chi connectivity index (χ0) is 33.9. The average Bonchev–Trinajstić information content (AvgIpc) is 3.74. The number of aromatic nitrogens is 3. The number of benzene rings is 7. The summed E-state index contributed by atoms with van der Waals surface area (Å²) in [5, 5.41) is 4.73. The van der Waals surface area contributed by atoms with Crippen LogP contribution < -0.4 is 0 Å². The van der Waals surface area contributed by atoms with Gasteiger partial charge in [-0.3, -0.25) is 8.40 Å². The molecule has 0 aliphatic carbocycles. The molecule has 0 saturated carbocycles. The third-order valence-corrected chi connectivity index (χ3v) is 12.5. The van der Waals surface area contributed by atoms with Crippen LogP contribution in [0, 0.1) is 0 Å². The van der Waals surface area contributed by atoms with Crippen molar-refractivity contribution in [2.45, 2.75) is 0 Å². The Morgan fingerprint density at radius 1 is 0.412 bits per heavy atom. The molecule has 10 aromatic rings. The summed E-state index contributed by atoms with van der Waals surface area (Å²) in [4.78, 5) is 18.4. The zero-order valence-electron chi connectivity index (χ0n) is 27.8. The summed E-state index contributed by atoms with van der Waals surface area (Å²) in [6.07, 6.45) is 0. The molecule has 0 saturated heterocycles. The zero-order valence-corrected chi connectivity index (χ0v) is 28.8. The molecule has 0 bridgehead atoms. The molecule has 4 nitrogen and oxygen atoms in total. The fraction of sp³-hybridized carbons (Fsp3) is 0.0217. The van der Waals surface area contributed by atoms with Crippen molar-refractivity contribution in [1.82, 2.24) is 15.0 Å². The number of rotatable bonds is 5. The SMILES string of the molecule is C[si-]1c2cccc(-c3ccccc3)c2c2cccc(-c3nc(-c4ccccc4)nc(-c4cccc5c4oc4cccc(-c6ccccc6)c45)n3)c21. The van der Waals surface area contributed by atoms with E-state index in [9.17, 15) is 0 Å². The van der Waals surface area contributed by atoms with Gasteiger partial charge in [-0.05, 0) is 45.3 Å². The molecule has 0 radical (unpaired) electrons. The summed E-state index contributed by atoms with van der Waals surface area (Å²) >= 11 is 0. The van der Waals surface area contributed by atoms with Crippen LogP contribution in [-0.2, 0) is 6.55 Å². The van der Waals surface area contributed by atoms with Gasteiger partial charge in [-0.1, -0.05) is 157 Å². The van der Waals surface area contributed by atoms with Crippen LogP contribution in [0.25, 0.3) is 99.1 Å². The number of furan rings is 1. The van der Waals surface area contributed by atoms with Crippen molar-refractivity contribution >= 4 is 51.1 Å². The van der Waals surface area contributed by atoms with Gasteiger partial charge in [0.15, 0.2) is 17.5 Å². The van der Waals surface area contributed by atoms with Gasteiger partial charge in [0, 0.05) is 16.3 Å². The minimum atomic E-state index is -1.13. The molecule has 0 N–H and O–H groups in total. The molecule has 0 amide bonds. The summed E-state index contributed by atoms with van der Waals surface area (Å²) in [7, 11) is -1.13. The third kappa shape index (κ3) is 4.77. The van der Waals surface area contributed by atoms with E-state index in [0.717, 1.165) is 49.8 Å². The van der Waals surface area contributed by atoms with Crippen LogP contribution in [0.1, 0.15) is 0 Å². The Morgan fingerprint density at radius 2 is 0.922 bits per heavy atom. The van der Waals surface area contributed by atoms with E-state index in [1.807, 2.05) is 30.3 Å². The molecular weight excluding hydrogens is 639 g/mol. The maximum Gasteiger partial charge on any atom is 0.167 e. The van der Waals surface area contributed by atoms with Crippen LogP contribution in [0.2, 0.25) is 0 Å². The average molecular weight is 669 g/mol. The Hall–Kier alpha value is -6.43. The molecular formula is C46H30N3OSi-. The van der Waals surface area contributed by atoms with Crippen LogP contribution in [0.4, 0.5) is 0 Å². The molecule has 0 unspecified atom stereocenters. The van der Waals surface area contributed by atoms with Crippen LogP contribution in [0.15, 0.2) is 168 Å². The number of hydrogen-bond donors (Lipinski definition) is 0. The highest BCUT2D eigenvalue weighted by molar-refractivity contribution is 6.78. The highest BCUT2D eigenvalue weighted by atomic mass is 28.2. The molecule has 10 rings (SSSR count). The highest BCUT2D eigenvalue weighted by Gasteiger charge is 2.20. The Kier molecular flexibility index (Phi) is 6.86. The Labute approximate surface area is 296 Å². The minimum Gasteiger partial charge on any atom is -0.455 e. The van der Waals surface area contributed by atoms with Crippen molar-refractivity contribution in [1.29, 1.82) is 0 Å². The molecule has 3 heterocycles.